The van der Waals surface area contributed by atoms with Gasteiger partial charge in [-0.15, -0.1) is 0 Å². The molecule has 1 fully saturated rings. The molecule has 1 amide bonds. The number of carboxylic acid groups (broad SMARTS) is 1. The third kappa shape index (κ3) is 5.80. The molecular formula is C17H24N4O6. The molecule has 0 radical (unpaired) electrons. The van der Waals surface area contributed by atoms with Crippen molar-refractivity contribution in [1.82, 2.24) is 9.88 Å². The molecule has 148 valence electrons. The minimum atomic E-state index is -0.923. The highest BCUT2D eigenvalue weighted by Crippen LogP contribution is 2.23. The third-order valence-corrected chi connectivity index (χ3v) is 4.13. The van der Waals surface area contributed by atoms with Crippen LogP contribution in [-0.2, 0) is 4.74 Å². The van der Waals surface area contributed by atoms with Crippen molar-refractivity contribution in [1.29, 1.82) is 0 Å². The average Bonchev–Trinajstić information content (AvgIpc) is 2.58. The Kier molecular flexibility index (Phi) is 6.19. The van der Waals surface area contributed by atoms with E-state index >= 15 is 0 Å². The topological polar surface area (TPSA) is 135 Å². The lowest BCUT2D eigenvalue weighted by Crippen LogP contribution is -2.39. The highest BCUT2D eigenvalue weighted by molar-refractivity contribution is 5.94. The molecule has 0 aliphatic carbocycles. The highest BCUT2D eigenvalue weighted by Gasteiger charge is 2.28. The van der Waals surface area contributed by atoms with Crippen molar-refractivity contribution in [2.24, 2.45) is 5.92 Å². The van der Waals surface area contributed by atoms with Gasteiger partial charge < -0.3 is 30.2 Å². The molecule has 1 aliphatic rings. The fourth-order valence-electron chi connectivity index (χ4n) is 2.76. The molecule has 0 bridgehead atoms. The largest absolute Gasteiger partial charge is 0.465 e. The Morgan fingerprint density at radius 2 is 2.00 bits per heavy atom. The van der Waals surface area contributed by atoms with Crippen molar-refractivity contribution in [3.63, 3.8) is 0 Å². The maximum absolute atomic E-state index is 12.4. The van der Waals surface area contributed by atoms with Gasteiger partial charge in [-0.3, -0.25) is 0 Å². The van der Waals surface area contributed by atoms with E-state index in [4.69, 9.17) is 9.84 Å². The molecule has 2 rings (SSSR count). The normalized spacial score (nSPS) is 15.3. The van der Waals surface area contributed by atoms with Crippen molar-refractivity contribution in [2.45, 2.75) is 39.2 Å². The lowest BCUT2D eigenvalue weighted by molar-refractivity contribution is -0.389. The van der Waals surface area contributed by atoms with Crippen molar-refractivity contribution in [2.75, 3.05) is 25.0 Å². The minimum Gasteiger partial charge on any atom is -0.465 e. The summed E-state index contributed by atoms with van der Waals surface area (Å²) in [6.45, 7) is 6.52. The second kappa shape index (κ2) is 8.19. The zero-order chi connectivity index (χ0) is 20.2. The van der Waals surface area contributed by atoms with Gasteiger partial charge in [0.15, 0.2) is 0 Å². The van der Waals surface area contributed by atoms with Crippen LogP contribution in [0.25, 0.3) is 0 Å². The van der Waals surface area contributed by atoms with E-state index in [1.807, 2.05) is 0 Å². The van der Waals surface area contributed by atoms with Gasteiger partial charge in [-0.1, -0.05) is 0 Å². The molecule has 2 heterocycles. The standard InChI is InChI=1S/C17H24N4O6/c1-17(2,3)27-15(22)14-12(4-5-13(19-14)21(25)26)18-10-11-6-8-20(9-7-11)16(23)24/h4-5,11,18H,6-10H2,1-3H3,(H,23,24). The summed E-state index contributed by atoms with van der Waals surface area (Å²) in [6.07, 6.45) is 0.469. The number of rotatable bonds is 5. The predicted octanol–water partition coefficient (Wildman–Crippen LogP) is 2.75. The summed E-state index contributed by atoms with van der Waals surface area (Å²) in [6, 6.07) is 2.67. The lowest BCUT2D eigenvalue weighted by Gasteiger charge is -2.30. The number of esters is 1. The van der Waals surface area contributed by atoms with E-state index < -0.39 is 28.4 Å². The van der Waals surface area contributed by atoms with Crippen LogP contribution < -0.4 is 5.32 Å². The number of amides is 1. The molecule has 1 saturated heterocycles. The fraction of sp³-hybridized carbons (Fsp3) is 0.588. The third-order valence-electron chi connectivity index (χ3n) is 4.13. The maximum Gasteiger partial charge on any atom is 0.407 e. The number of hydrogen-bond donors (Lipinski definition) is 2. The second-order valence-corrected chi connectivity index (χ2v) is 7.42. The summed E-state index contributed by atoms with van der Waals surface area (Å²) in [5, 5.41) is 23.1. The van der Waals surface area contributed by atoms with Crippen LogP contribution in [-0.4, -0.2) is 57.2 Å². The Morgan fingerprint density at radius 1 is 1.37 bits per heavy atom. The van der Waals surface area contributed by atoms with E-state index in [0.29, 0.717) is 38.2 Å². The minimum absolute atomic E-state index is 0.137. The molecule has 1 aromatic rings. The SMILES string of the molecule is CC(C)(C)OC(=O)c1nc([N+](=O)[O-])ccc1NCC1CCN(C(=O)O)CC1. The molecule has 27 heavy (non-hydrogen) atoms. The van der Waals surface area contributed by atoms with Crippen molar-refractivity contribution in [3.8, 4) is 0 Å². The summed E-state index contributed by atoms with van der Waals surface area (Å²) in [4.78, 5) is 38.9. The number of carbonyl (C=O) groups excluding carboxylic acids is 1. The first-order chi connectivity index (χ1) is 12.6. The smallest absolute Gasteiger partial charge is 0.407 e. The molecule has 0 aromatic carbocycles. The van der Waals surface area contributed by atoms with Crippen LogP contribution in [0.5, 0.6) is 0 Å². The number of nitro groups is 1. The molecule has 10 nitrogen and oxygen atoms in total. The van der Waals surface area contributed by atoms with Gasteiger partial charge in [0.25, 0.3) is 5.69 Å². The number of likely N-dealkylation sites (tertiary alicyclic amines) is 1. The molecule has 0 unspecified atom stereocenters. The van der Waals surface area contributed by atoms with Crippen LogP contribution in [0.2, 0.25) is 0 Å². The molecule has 0 atom stereocenters. The predicted molar refractivity (Wildman–Crippen MR) is 96.9 cm³/mol. The highest BCUT2D eigenvalue weighted by atomic mass is 16.6. The van der Waals surface area contributed by atoms with Crippen molar-refractivity contribution in [3.05, 3.63) is 27.9 Å². The lowest BCUT2D eigenvalue weighted by atomic mass is 9.97. The number of nitrogens with one attached hydrogen (secondary N) is 1. The number of aromatic nitrogens is 1. The van der Waals surface area contributed by atoms with E-state index in [1.54, 1.807) is 20.8 Å². The molecule has 1 aromatic heterocycles. The molecular weight excluding hydrogens is 356 g/mol. The van der Waals surface area contributed by atoms with Gasteiger partial charge in [0.1, 0.15) is 5.60 Å². The van der Waals surface area contributed by atoms with E-state index in [-0.39, 0.29) is 11.6 Å². The van der Waals surface area contributed by atoms with Crippen molar-refractivity contribution >= 4 is 23.6 Å². The summed E-state index contributed by atoms with van der Waals surface area (Å²) in [7, 11) is 0. The zero-order valence-corrected chi connectivity index (χ0v) is 15.6. The van der Waals surface area contributed by atoms with Gasteiger partial charge >= 0.3 is 17.9 Å². The van der Waals surface area contributed by atoms with Crippen LogP contribution in [0.4, 0.5) is 16.3 Å². The van der Waals surface area contributed by atoms with E-state index in [2.05, 4.69) is 10.3 Å². The summed E-state index contributed by atoms with van der Waals surface area (Å²) in [5.41, 5.74) is -0.540. The number of carbonyl (C=O) groups is 2. The second-order valence-electron chi connectivity index (χ2n) is 7.42. The Hall–Kier alpha value is -2.91. The van der Waals surface area contributed by atoms with Gasteiger partial charge in [-0.25, -0.2) is 9.59 Å². The Morgan fingerprint density at radius 3 is 2.52 bits per heavy atom. The fourth-order valence-corrected chi connectivity index (χ4v) is 2.76. The van der Waals surface area contributed by atoms with Gasteiger partial charge in [0, 0.05) is 25.7 Å². The Balaban J connectivity index is 2.10. The van der Waals surface area contributed by atoms with Gasteiger partial charge in [-0.05, 0) is 55.5 Å². The van der Waals surface area contributed by atoms with Crippen LogP contribution in [0.3, 0.4) is 0 Å². The first-order valence-electron chi connectivity index (χ1n) is 8.67. The Labute approximate surface area is 156 Å². The number of nitrogens with zero attached hydrogens (tertiary/aromatic N) is 3. The molecule has 0 saturated carbocycles. The van der Waals surface area contributed by atoms with E-state index in [9.17, 15) is 19.7 Å². The monoisotopic (exact) mass is 380 g/mol. The molecule has 10 heteroatoms. The van der Waals surface area contributed by atoms with Gasteiger partial charge in [-0.2, -0.15) is 0 Å². The summed E-state index contributed by atoms with van der Waals surface area (Å²) in [5.74, 6) is -0.951. The molecule has 2 N–H and O–H groups in total. The van der Waals surface area contributed by atoms with E-state index in [1.165, 1.54) is 17.0 Å². The van der Waals surface area contributed by atoms with Crippen LogP contribution >= 0.6 is 0 Å². The summed E-state index contributed by atoms with van der Waals surface area (Å²) < 4.78 is 5.30. The molecule has 1 aliphatic heterocycles. The number of anilines is 1. The first kappa shape index (κ1) is 20.4. The number of hydrogen-bond acceptors (Lipinski definition) is 7. The van der Waals surface area contributed by atoms with Crippen molar-refractivity contribution < 1.29 is 24.4 Å². The quantitative estimate of drug-likeness (QED) is 0.452. The first-order valence-corrected chi connectivity index (χ1v) is 8.67. The Bertz CT molecular complexity index is 723. The zero-order valence-electron chi connectivity index (χ0n) is 15.6. The van der Waals surface area contributed by atoms with Crippen LogP contribution in [0.15, 0.2) is 12.1 Å². The number of ether oxygens (including phenoxy) is 1. The molecule has 0 spiro atoms. The van der Waals surface area contributed by atoms with Crippen LogP contribution in [0.1, 0.15) is 44.1 Å². The van der Waals surface area contributed by atoms with Crippen LogP contribution in [0, 0.1) is 16.0 Å². The van der Waals surface area contributed by atoms with Gasteiger partial charge in [0.2, 0.25) is 0 Å². The number of piperidine rings is 1. The average molecular weight is 380 g/mol. The maximum atomic E-state index is 12.4. The van der Waals surface area contributed by atoms with E-state index in [0.717, 1.165) is 0 Å². The summed E-state index contributed by atoms with van der Waals surface area (Å²) >= 11 is 0. The van der Waals surface area contributed by atoms with Gasteiger partial charge in [0.05, 0.1) is 5.69 Å². The number of pyridine rings is 1.